The molecule has 1 aliphatic heterocycles. The number of carbonyl (C=O) groups is 3. The predicted octanol–water partition coefficient (Wildman–Crippen LogP) is 4.64. The Morgan fingerprint density at radius 3 is 2.50 bits per heavy atom. The molecule has 2 amide bonds. The van der Waals surface area contributed by atoms with Gasteiger partial charge in [-0.15, -0.1) is 0 Å². The maximum atomic E-state index is 13.8. The van der Waals surface area contributed by atoms with E-state index in [-0.39, 0.29) is 37.8 Å². The quantitative estimate of drug-likeness (QED) is 0.362. The highest BCUT2D eigenvalue weighted by atomic mass is 35.5. The van der Waals surface area contributed by atoms with Gasteiger partial charge in [-0.05, 0) is 36.8 Å². The molecule has 8 nitrogen and oxygen atoms in total. The highest BCUT2D eigenvalue weighted by molar-refractivity contribution is 8.03. The molecule has 12 heteroatoms. The third-order valence-corrected chi connectivity index (χ3v) is 6.73. The Morgan fingerprint density at radius 1 is 1.25 bits per heavy atom. The summed E-state index contributed by atoms with van der Waals surface area (Å²) in [4.78, 5) is 37.9. The summed E-state index contributed by atoms with van der Waals surface area (Å²) in [5.41, 5.74) is 0.307. The number of halogens is 3. The van der Waals surface area contributed by atoms with E-state index < -0.39 is 35.4 Å². The van der Waals surface area contributed by atoms with Gasteiger partial charge < -0.3 is 20.1 Å². The van der Waals surface area contributed by atoms with Crippen molar-refractivity contribution in [1.29, 1.82) is 5.26 Å². The topological polar surface area (TPSA) is 118 Å². The third-order valence-electron chi connectivity index (χ3n) is 5.15. The first kappa shape index (κ1) is 27.3. The van der Waals surface area contributed by atoms with Gasteiger partial charge in [-0.1, -0.05) is 47.1 Å². The molecule has 0 saturated heterocycles. The summed E-state index contributed by atoms with van der Waals surface area (Å²) in [5.74, 6) is -5.31. The van der Waals surface area contributed by atoms with E-state index in [1.54, 1.807) is 13.0 Å². The molecule has 2 aromatic rings. The number of thioether (sulfide) groups is 1. The molecule has 1 aliphatic rings. The van der Waals surface area contributed by atoms with Crippen LogP contribution in [0.4, 0.5) is 10.1 Å². The highest BCUT2D eigenvalue weighted by Crippen LogP contribution is 2.44. The lowest BCUT2D eigenvalue weighted by molar-refractivity contribution is -0.150. The van der Waals surface area contributed by atoms with Gasteiger partial charge in [-0.3, -0.25) is 14.4 Å². The third kappa shape index (κ3) is 5.93. The van der Waals surface area contributed by atoms with Gasteiger partial charge in [-0.25, -0.2) is 4.39 Å². The van der Waals surface area contributed by atoms with E-state index in [1.165, 1.54) is 30.3 Å². The Balaban J connectivity index is 1.98. The number of hydrogen-bond acceptors (Lipinski definition) is 7. The van der Waals surface area contributed by atoms with Gasteiger partial charge in [-0.2, -0.15) is 5.26 Å². The number of nitriles is 1. The van der Waals surface area contributed by atoms with E-state index in [4.69, 9.17) is 32.7 Å². The summed E-state index contributed by atoms with van der Waals surface area (Å²) in [7, 11) is 1.12. The second kappa shape index (κ2) is 12.1. The lowest BCUT2D eigenvalue weighted by Crippen LogP contribution is -2.44. The number of rotatable bonds is 8. The Kier molecular flexibility index (Phi) is 9.20. The molecule has 0 fully saturated rings. The summed E-state index contributed by atoms with van der Waals surface area (Å²) in [6, 6.07) is 10.6. The molecule has 0 radical (unpaired) electrons. The molecule has 2 aromatic carbocycles. The van der Waals surface area contributed by atoms with Crippen molar-refractivity contribution in [1.82, 2.24) is 5.32 Å². The Labute approximate surface area is 220 Å². The molecule has 0 aromatic heterocycles. The van der Waals surface area contributed by atoms with Gasteiger partial charge >= 0.3 is 5.97 Å². The normalized spacial score (nSPS) is 17.2. The number of allylic oxidation sites excluding steroid dienone is 1. The Hall–Kier alpha value is -3.26. The average Bonchev–Trinajstić information content (AvgIpc) is 2.85. The molecule has 36 heavy (non-hydrogen) atoms. The number of benzene rings is 2. The van der Waals surface area contributed by atoms with E-state index in [0.717, 1.165) is 18.9 Å². The second-order valence-electron chi connectivity index (χ2n) is 7.39. The average molecular weight is 552 g/mol. The van der Waals surface area contributed by atoms with Crippen molar-refractivity contribution in [3.8, 4) is 11.8 Å². The summed E-state index contributed by atoms with van der Waals surface area (Å²) in [5, 5.41) is 15.3. The van der Waals surface area contributed by atoms with Crippen LogP contribution in [-0.2, 0) is 19.1 Å². The minimum atomic E-state index is -1.41. The number of nitrogens with zero attached hydrogens (tertiary/aromatic N) is 1. The first-order valence-corrected chi connectivity index (χ1v) is 12.3. The van der Waals surface area contributed by atoms with Crippen LogP contribution >= 0.6 is 35.0 Å². The number of ether oxygens (including phenoxy) is 2. The number of esters is 1. The number of amides is 2. The summed E-state index contributed by atoms with van der Waals surface area (Å²) in [6.07, 6.45) is 0. The Morgan fingerprint density at radius 2 is 1.92 bits per heavy atom. The van der Waals surface area contributed by atoms with E-state index in [9.17, 15) is 24.0 Å². The second-order valence-corrected chi connectivity index (χ2v) is 9.19. The van der Waals surface area contributed by atoms with Gasteiger partial charge in [0.05, 0.1) is 51.9 Å². The predicted molar refractivity (Wildman–Crippen MR) is 134 cm³/mol. The zero-order chi connectivity index (χ0) is 26.4. The van der Waals surface area contributed by atoms with Crippen molar-refractivity contribution >= 4 is 58.4 Å². The summed E-state index contributed by atoms with van der Waals surface area (Å²) in [6.45, 7) is 2.05. The van der Waals surface area contributed by atoms with Crippen LogP contribution < -0.4 is 15.4 Å². The highest BCUT2D eigenvalue weighted by Gasteiger charge is 2.44. The standard InChI is InChI=1S/C24H20Cl2FN3O5S/c1-3-35-21-14(25)8-12(9-15(21)26)19-13(10-28)23(30-22(32)20(19)24(33)34-2)36-11-18(31)29-17-7-5-4-6-16(17)27/h4-9,19-20H,3,11H2,1-2H3,(H,29,31)(H,30,32)/t19-,20+/m0/s1. The molecule has 1 heterocycles. The molecule has 0 spiro atoms. The van der Waals surface area contributed by atoms with Crippen LogP contribution in [0.25, 0.3) is 0 Å². The number of nitrogens with one attached hydrogen (secondary N) is 2. The van der Waals surface area contributed by atoms with Crippen LogP contribution in [0, 0.1) is 23.1 Å². The lowest BCUT2D eigenvalue weighted by Gasteiger charge is -2.31. The van der Waals surface area contributed by atoms with Crippen molar-refractivity contribution in [2.75, 3.05) is 24.8 Å². The number of carbonyl (C=O) groups excluding carboxylic acids is 3. The van der Waals surface area contributed by atoms with Crippen LogP contribution in [0.1, 0.15) is 18.4 Å². The summed E-state index contributed by atoms with van der Waals surface area (Å²) < 4.78 is 24.1. The maximum absolute atomic E-state index is 13.8. The summed E-state index contributed by atoms with van der Waals surface area (Å²) >= 11 is 13.5. The van der Waals surface area contributed by atoms with Gasteiger partial charge in [0.2, 0.25) is 11.8 Å². The number of para-hydroxylation sites is 1. The molecule has 2 N–H and O–H groups in total. The lowest BCUT2D eigenvalue weighted by atomic mass is 9.78. The largest absolute Gasteiger partial charge is 0.491 e. The van der Waals surface area contributed by atoms with Gasteiger partial charge in [0.25, 0.3) is 0 Å². The zero-order valence-corrected chi connectivity index (χ0v) is 21.4. The van der Waals surface area contributed by atoms with Crippen molar-refractivity contribution in [3.05, 3.63) is 68.4 Å². The number of methoxy groups -OCH3 is 1. The van der Waals surface area contributed by atoms with Gasteiger partial charge in [0.15, 0.2) is 5.75 Å². The molecular formula is C24H20Cl2FN3O5S. The van der Waals surface area contributed by atoms with Crippen LogP contribution in [0.2, 0.25) is 10.0 Å². The van der Waals surface area contributed by atoms with E-state index in [1.807, 2.05) is 6.07 Å². The minimum Gasteiger partial charge on any atom is -0.491 e. The Bertz CT molecular complexity index is 1260. The fraction of sp³-hybridized carbons (Fsp3) is 0.250. The SMILES string of the molecule is CCOc1c(Cl)cc([C@H]2C(C#N)=C(SCC(=O)Nc3ccccc3F)NC(=O)[C@@H]2C(=O)OC)cc1Cl. The molecule has 0 bridgehead atoms. The van der Waals surface area contributed by atoms with Crippen molar-refractivity contribution in [2.45, 2.75) is 12.8 Å². The minimum absolute atomic E-state index is 0.00462. The number of hydrogen-bond donors (Lipinski definition) is 2. The van der Waals surface area contributed by atoms with E-state index in [2.05, 4.69) is 10.6 Å². The molecule has 2 atom stereocenters. The monoisotopic (exact) mass is 551 g/mol. The van der Waals surface area contributed by atoms with Crippen molar-refractivity contribution in [3.63, 3.8) is 0 Å². The van der Waals surface area contributed by atoms with Crippen molar-refractivity contribution < 1.29 is 28.2 Å². The molecule has 188 valence electrons. The van der Waals surface area contributed by atoms with Gasteiger partial charge in [0.1, 0.15) is 11.7 Å². The molecular weight excluding hydrogens is 532 g/mol. The molecule has 0 saturated carbocycles. The number of anilines is 1. The van der Waals surface area contributed by atoms with Crippen LogP contribution in [0.3, 0.4) is 0 Å². The first-order valence-electron chi connectivity index (χ1n) is 10.5. The molecule has 3 rings (SSSR count). The van der Waals surface area contributed by atoms with E-state index >= 15 is 0 Å². The van der Waals surface area contributed by atoms with Crippen LogP contribution in [-0.4, -0.2) is 37.3 Å². The maximum Gasteiger partial charge on any atom is 0.319 e. The first-order chi connectivity index (χ1) is 17.2. The van der Waals surface area contributed by atoms with Gasteiger partial charge in [0, 0.05) is 5.92 Å². The smallest absolute Gasteiger partial charge is 0.319 e. The molecule has 0 unspecified atom stereocenters. The fourth-order valence-corrected chi connectivity index (χ4v) is 5.07. The molecule has 0 aliphatic carbocycles. The fourth-order valence-electron chi connectivity index (χ4n) is 3.61. The van der Waals surface area contributed by atoms with Crippen molar-refractivity contribution in [2.24, 2.45) is 5.92 Å². The van der Waals surface area contributed by atoms with Crippen LogP contribution in [0.5, 0.6) is 5.75 Å². The van der Waals surface area contributed by atoms with Crippen LogP contribution in [0.15, 0.2) is 47.0 Å². The zero-order valence-electron chi connectivity index (χ0n) is 19.1. The van der Waals surface area contributed by atoms with E-state index in [0.29, 0.717) is 12.2 Å².